The number of nitrogens with zero attached hydrogens (tertiary/aromatic N) is 2. The van der Waals surface area contributed by atoms with Crippen LogP contribution in [0, 0.1) is 6.92 Å². The lowest BCUT2D eigenvalue weighted by molar-refractivity contribution is 0.839. The smallest absolute Gasteiger partial charge is 0.136 e. The molecule has 0 aliphatic carbocycles. The number of hydrogen-bond donors (Lipinski definition) is 2. The molecule has 1 aromatic carbocycles. The summed E-state index contributed by atoms with van der Waals surface area (Å²) in [7, 11) is 0. The predicted octanol–water partition coefficient (Wildman–Crippen LogP) is 3.06. The predicted molar refractivity (Wildman–Crippen MR) is 74.9 cm³/mol. The summed E-state index contributed by atoms with van der Waals surface area (Å²) in [6.07, 6.45) is 1.85. The van der Waals surface area contributed by atoms with E-state index in [0.29, 0.717) is 5.82 Å². The van der Waals surface area contributed by atoms with Crippen molar-refractivity contribution < 1.29 is 0 Å². The molecule has 3 N–H and O–H groups in total. The maximum atomic E-state index is 5.79. The maximum absolute atomic E-state index is 5.79. The number of nitrogen functional groups attached to an aromatic ring is 1. The van der Waals surface area contributed by atoms with E-state index in [1.54, 1.807) is 6.07 Å². The van der Waals surface area contributed by atoms with Crippen molar-refractivity contribution in [3.05, 3.63) is 41.7 Å². The normalized spacial score (nSPS) is 10.3. The lowest BCUT2D eigenvalue weighted by Crippen LogP contribution is -2.04. The fraction of sp³-hybridized carbons (Fsp3) is 0.286. The van der Waals surface area contributed by atoms with E-state index in [1.165, 1.54) is 5.56 Å². The van der Waals surface area contributed by atoms with E-state index in [-0.39, 0.29) is 0 Å². The van der Waals surface area contributed by atoms with Crippen molar-refractivity contribution in [3.63, 3.8) is 0 Å². The average Bonchev–Trinajstić information content (AvgIpc) is 2.32. The second-order valence-corrected chi connectivity index (χ2v) is 4.28. The van der Waals surface area contributed by atoms with Crippen molar-refractivity contribution in [3.8, 4) is 0 Å². The second-order valence-electron chi connectivity index (χ2n) is 4.28. The number of nitrogens with one attached hydrogen (secondary N) is 1. The van der Waals surface area contributed by atoms with Crippen LogP contribution in [0.2, 0.25) is 0 Å². The van der Waals surface area contributed by atoms with E-state index in [4.69, 9.17) is 5.73 Å². The SMILES string of the molecule is CCCc1nc(N)cc(Nc2ccccc2C)n1. The molecule has 0 radical (unpaired) electrons. The van der Waals surface area contributed by atoms with Gasteiger partial charge in [0.2, 0.25) is 0 Å². The van der Waals surface area contributed by atoms with Crippen molar-refractivity contribution in [1.82, 2.24) is 9.97 Å². The molecule has 94 valence electrons. The number of rotatable bonds is 4. The molecule has 4 heteroatoms. The Bertz CT molecular complexity index is 537. The molecule has 2 rings (SSSR count). The number of para-hydroxylation sites is 1. The van der Waals surface area contributed by atoms with E-state index >= 15 is 0 Å². The molecule has 18 heavy (non-hydrogen) atoms. The van der Waals surface area contributed by atoms with Crippen molar-refractivity contribution >= 4 is 17.3 Å². The van der Waals surface area contributed by atoms with E-state index in [0.717, 1.165) is 30.2 Å². The molecular formula is C14H18N4. The zero-order chi connectivity index (χ0) is 13.0. The fourth-order valence-corrected chi connectivity index (χ4v) is 1.77. The minimum Gasteiger partial charge on any atom is -0.384 e. The molecule has 4 nitrogen and oxygen atoms in total. The Kier molecular flexibility index (Phi) is 3.77. The lowest BCUT2D eigenvalue weighted by atomic mass is 10.2. The monoisotopic (exact) mass is 242 g/mol. The third-order valence-electron chi connectivity index (χ3n) is 2.67. The molecular weight excluding hydrogens is 224 g/mol. The van der Waals surface area contributed by atoms with Crippen LogP contribution >= 0.6 is 0 Å². The van der Waals surface area contributed by atoms with Gasteiger partial charge in [0.1, 0.15) is 17.5 Å². The third-order valence-corrected chi connectivity index (χ3v) is 2.67. The first kappa shape index (κ1) is 12.4. The molecule has 0 spiro atoms. The van der Waals surface area contributed by atoms with Gasteiger partial charge in [-0.25, -0.2) is 9.97 Å². The first-order valence-corrected chi connectivity index (χ1v) is 6.15. The number of hydrogen-bond acceptors (Lipinski definition) is 4. The molecule has 0 amide bonds. The number of nitrogens with two attached hydrogens (primary N) is 1. The van der Waals surface area contributed by atoms with Gasteiger partial charge in [0.15, 0.2) is 0 Å². The zero-order valence-corrected chi connectivity index (χ0v) is 10.8. The number of anilines is 3. The summed E-state index contributed by atoms with van der Waals surface area (Å²) < 4.78 is 0. The highest BCUT2D eigenvalue weighted by molar-refractivity contribution is 5.61. The van der Waals surface area contributed by atoms with Crippen molar-refractivity contribution in [2.45, 2.75) is 26.7 Å². The van der Waals surface area contributed by atoms with E-state index < -0.39 is 0 Å². The molecule has 0 atom stereocenters. The standard InChI is InChI=1S/C14H18N4/c1-3-6-13-17-12(15)9-14(18-13)16-11-8-5-4-7-10(11)2/h4-5,7-9H,3,6H2,1-2H3,(H3,15,16,17,18). The van der Waals surface area contributed by atoms with Crippen LogP contribution in [0.4, 0.5) is 17.3 Å². The second kappa shape index (κ2) is 5.49. The minimum atomic E-state index is 0.504. The van der Waals surface area contributed by atoms with Crippen LogP contribution in [-0.4, -0.2) is 9.97 Å². The molecule has 0 unspecified atom stereocenters. The zero-order valence-electron chi connectivity index (χ0n) is 10.8. The largest absolute Gasteiger partial charge is 0.384 e. The summed E-state index contributed by atoms with van der Waals surface area (Å²) >= 11 is 0. The van der Waals surface area contributed by atoms with Crippen LogP contribution in [0.3, 0.4) is 0 Å². The third kappa shape index (κ3) is 2.97. The quantitative estimate of drug-likeness (QED) is 0.864. The average molecular weight is 242 g/mol. The van der Waals surface area contributed by atoms with Gasteiger partial charge >= 0.3 is 0 Å². The molecule has 1 aromatic heterocycles. The van der Waals surface area contributed by atoms with Crippen molar-refractivity contribution in [2.24, 2.45) is 0 Å². The Morgan fingerprint density at radius 1 is 1.22 bits per heavy atom. The maximum Gasteiger partial charge on any atom is 0.136 e. The van der Waals surface area contributed by atoms with Crippen LogP contribution < -0.4 is 11.1 Å². The topological polar surface area (TPSA) is 63.8 Å². The Hall–Kier alpha value is -2.10. The summed E-state index contributed by atoms with van der Waals surface area (Å²) in [5.41, 5.74) is 8.00. The van der Waals surface area contributed by atoms with Crippen molar-refractivity contribution in [2.75, 3.05) is 11.1 Å². The summed E-state index contributed by atoms with van der Waals surface area (Å²) in [5, 5.41) is 3.28. The van der Waals surface area contributed by atoms with E-state index in [2.05, 4.69) is 35.2 Å². The molecule has 1 heterocycles. The van der Waals surface area contributed by atoms with Gasteiger partial charge in [-0.15, -0.1) is 0 Å². The van der Waals surface area contributed by atoms with E-state index in [1.807, 2.05) is 18.2 Å². The number of aromatic nitrogens is 2. The molecule has 0 aliphatic rings. The van der Waals surface area contributed by atoms with Gasteiger partial charge in [0.25, 0.3) is 0 Å². The molecule has 2 aromatic rings. The van der Waals surface area contributed by atoms with Gasteiger partial charge in [-0.05, 0) is 25.0 Å². The van der Waals surface area contributed by atoms with Crippen molar-refractivity contribution in [1.29, 1.82) is 0 Å². The van der Waals surface area contributed by atoms with Gasteiger partial charge in [-0.1, -0.05) is 25.1 Å². The molecule has 0 saturated heterocycles. The minimum absolute atomic E-state index is 0.504. The van der Waals surface area contributed by atoms with Gasteiger partial charge in [-0.2, -0.15) is 0 Å². The van der Waals surface area contributed by atoms with Crippen LogP contribution in [0.15, 0.2) is 30.3 Å². The summed E-state index contributed by atoms with van der Waals surface area (Å²) in [6.45, 7) is 4.15. The van der Waals surface area contributed by atoms with Crippen LogP contribution in [0.25, 0.3) is 0 Å². The Labute approximate surface area is 107 Å². The van der Waals surface area contributed by atoms with Crippen LogP contribution in [-0.2, 0) is 6.42 Å². The van der Waals surface area contributed by atoms with Gasteiger partial charge in [0.05, 0.1) is 0 Å². The fourth-order valence-electron chi connectivity index (χ4n) is 1.77. The molecule has 0 saturated carbocycles. The van der Waals surface area contributed by atoms with Gasteiger partial charge in [-0.3, -0.25) is 0 Å². The Morgan fingerprint density at radius 3 is 2.72 bits per heavy atom. The molecule has 0 fully saturated rings. The summed E-state index contributed by atoms with van der Waals surface area (Å²) in [5.74, 6) is 2.04. The summed E-state index contributed by atoms with van der Waals surface area (Å²) in [4.78, 5) is 8.67. The number of aryl methyl sites for hydroxylation is 2. The summed E-state index contributed by atoms with van der Waals surface area (Å²) in [6, 6.07) is 9.84. The Balaban J connectivity index is 2.26. The van der Waals surface area contributed by atoms with Gasteiger partial charge < -0.3 is 11.1 Å². The van der Waals surface area contributed by atoms with Crippen LogP contribution in [0.1, 0.15) is 24.7 Å². The molecule has 0 bridgehead atoms. The highest BCUT2D eigenvalue weighted by Crippen LogP contribution is 2.19. The molecule has 0 aliphatic heterocycles. The van der Waals surface area contributed by atoms with Crippen LogP contribution in [0.5, 0.6) is 0 Å². The van der Waals surface area contributed by atoms with E-state index in [9.17, 15) is 0 Å². The first-order valence-electron chi connectivity index (χ1n) is 6.15. The van der Waals surface area contributed by atoms with Gasteiger partial charge in [0, 0.05) is 18.2 Å². The number of benzene rings is 1. The lowest BCUT2D eigenvalue weighted by Gasteiger charge is -2.10. The first-order chi connectivity index (χ1) is 8.69. The highest BCUT2D eigenvalue weighted by atomic mass is 15.0. The Morgan fingerprint density at radius 2 is 2.00 bits per heavy atom. The highest BCUT2D eigenvalue weighted by Gasteiger charge is 2.03.